The van der Waals surface area contributed by atoms with Crippen LogP contribution in [-0.4, -0.2) is 51.5 Å². The normalized spacial score (nSPS) is 14.0. The quantitative estimate of drug-likeness (QED) is 0.518. The minimum atomic E-state index is -0.0375. The molecule has 162 valence electrons. The number of hydrogen-bond acceptors (Lipinski definition) is 6. The van der Waals surface area contributed by atoms with Gasteiger partial charge in [-0.05, 0) is 55.8 Å². The summed E-state index contributed by atoms with van der Waals surface area (Å²) >= 11 is 1.41. The number of rotatable bonds is 9. The van der Waals surface area contributed by atoms with Crippen molar-refractivity contribution in [2.75, 3.05) is 26.0 Å². The van der Waals surface area contributed by atoms with Gasteiger partial charge in [0.1, 0.15) is 5.75 Å². The summed E-state index contributed by atoms with van der Waals surface area (Å²) in [7, 11) is 1.64. The van der Waals surface area contributed by atoms with E-state index in [1.54, 1.807) is 7.11 Å². The van der Waals surface area contributed by atoms with Gasteiger partial charge in [-0.15, -0.1) is 10.2 Å². The zero-order valence-corrected chi connectivity index (χ0v) is 18.5. The number of para-hydroxylation sites is 1. The lowest BCUT2D eigenvalue weighted by Gasteiger charge is -2.16. The van der Waals surface area contributed by atoms with Crippen LogP contribution in [0.25, 0.3) is 5.69 Å². The molecule has 1 fully saturated rings. The number of methoxy groups -OCH3 is 1. The number of ether oxygens (including phenoxy) is 1. The second-order valence-corrected chi connectivity index (χ2v) is 8.41. The molecule has 1 aromatic heterocycles. The van der Waals surface area contributed by atoms with Crippen molar-refractivity contribution in [3.05, 3.63) is 66.0 Å². The molecule has 1 N–H and O–H groups in total. The van der Waals surface area contributed by atoms with Crippen LogP contribution in [0, 0.1) is 0 Å². The topological polar surface area (TPSA) is 72.3 Å². The van der Waals surface area contributed by atoms with Gasteiger partial charge < -0.3 is 10.1 Å². The SMILES string of the molecule is COc1ccc(CNC(=O)CSc2nnc(CN3CCCC3)n2-c2ccccc2)cc1. The highest BCUT2D eigenvalue weighted by Gasteiger charge is 2.20. The van der Waals surface area contributed by atoms with Crippen molar-refractivity contribution in [1.82, 2.24) is 25.0 Å². The molecule has 1 saturated heterocycles. The average molecular weight is 438 g/mol. The minimum Gasteiger partial charge on any atom is -0.497 e. The van der Waals surface area contributed by atoms with Crippen LogP contribution in [-0.2, 0) is 17.9 Å². The molecule has 0 radical (unpaired) electrons. The Morgan fingerprint density at radius 1 is 1.06 bits per heavy atom. The van der Waals surface area contributed by atoms with Crippen molar-refractivity contribution in [3.63, 3.8) is 0 Å². The van der Waals surface area contributed by atoms with Gasteiger partial charge in [0.2, 0.25) is 5.91 Å². The van der Waals surface area contributed by atoms with Crippen molar-refractivity contribution >= 4 is 17.7 Å². The van der Waals surface area contributed by atoms with Crippen LogP contribution in [0.5, 0.6) is 5.75 Å². The van der Waals surface area contributed by atoms with E-state index in [4.69, 9.17) is 4.74 Å². The second-order valence-electron chi connectivity index (χ2n) is 7.47. The number of likely N-dealkylation sites (tertiary alicyclic amines) is 1. The number of carbonyl (C=O) groups is 1. The maximum Gasteiger partial charge on any atom is 0.230 e. The molecule has 0 aliphatic carbocycles. The highest BCUT2D eigenvalue weighted by molar-refractivity contribution is 7.99. The number of nitrogens with one attached hydrogen (secondary N) is 1. The lowest BCUT2D eigenvalue weighted by atomic mass is 10.2. The van der Waals surface area contributed by atoms with E-state index in [9.17, 15) is 4.79 Å². The number of amides is 1. The lowest BCUT2D eigenvalue weighted by molar-refractivity contribution is -0.118. The van der Waals surface area contributed by atoms with Gasteiger partial charge in [0.05, 0.1) is 19.4 Å². The van der Waals surface area contributed by atoms with Crippen LogP contribution in [0.15, 0.2) is 59.8 Å². The van der Waals surface area contributed by atoms with Crippen LogP contribution in [0.1, 0.15) is 24.2 Å². The van der Waals surface area contributed by atoms with E-state index in [1.165, 1.54) is 24.6 Å². The molecule has 2 aromatic carbocycles. The smallest absolute Gasteiger partial charge is 0.230 e. The Labute approximate surface area is 186 Å². The van der Waals surface area contributed by atoms with Gasteiger partial charge >= 0.3 is 0 Å². The molecule has 8 heteroatoms. The Bertz CT molecular complexity index is 985. The Morgan fingerprint density at radius 3 is 2.52 bits per heavy atom. The fraction of sp³-hybridized carbons (Fsp3) is 0.348. The van der Waals surface area contributed by atoms with Crippen molar-refractivity contribution in [1.29, 1.82) is 0 Å². The molecular formula is C23H27N5O2S. The molecule has 0 atom stereocenters. The van der Waals surface area contributed by atoms with Crippen molar-refractivity contribution in [3.8, 4) is 11.4 Å². The van der Waals surface area contributed by atoms with Crippen LogP contribution in [0.4, 0.5) is 0 Å². The Morgan fingerprint density at radius 2 is 1.81 bits per heavy atom. The van der Waals surface area contributed by atoms with Crippen LogP contribution in [0.2, 0.25) is 0 Å². The van der Waals surface area contributed by atoms with Crippen molar-refractivity contribution < 1.29 is 9.53 Å². The molecule has 7 nitrogen and oxygen atoms in total. The summed E-state index contributed by atoms with van der Waals surface area (Å²) in [6.45, 7) is 3.44. The first-order valence-corrected chi connectivity index (χ1v) is 11.5. The van der Waals surface area contributed by atoms with E-state index < -0.39 is 0 Å². The number of nitrogens with zero attached hydrogens (tertiary/aromatic N) is 4. The third-order valence-electron chi connectivity index (χ3n) is 5.26. The summed E-state index contributed by atoms with van der Waals surface area (Å²) in [5.74, 6) is 1.96. The average Bonchev–Trinajstić information content (AvgIpc) is 3.47. The van der Waals surface area contributed by atoms with Gasteiger partial charge in [-0.25, -0.2) is 0 Å². The van der Waals surface area contributed by atoms with E-state index in [2.05, 4.69) is 25.0 Å². The maximum atomic E-state index is 12.4. The summed E-state index contributed by atoms with van der Waals surface area (Å²) in [6, 6.07) is 17.8. The van der Waals surface area contributed by atoms with Gasteiger partial charge in [0.15, 0.2) is 11.0 Å². The molecule has 4 rings (SSSR count). The predicted molar refractivity (Wildman–Crippen MR) is 121 cm³/mol. The number of hydrogen-bond donors (Lipinski definition) is 1. The molecule has 31 heavy (non-hydrogen) atoms. The van der Waals surface area contributed by atoms with E-state index in [0.717, 1.165) is 47.6 Å². The van der Waals surface area contributed by atoms with E-state index in [0.29, 0.717) is 6.54 Å². The predicted octanol–water partition coefficient (Wildman–Crippen LogP) is 3.28. The largest absolute Gasteiger partial charge is 0.497 e. The number of carbonyl (C=O) groups excluding carboxylic acids is 1. The molecule has 0 unspecified atom stereocenters. The first-order valence-electron chi connectivity index (χ1n) is 10.5. The molecule has 1 aliphatic heterocycles. The lowest BCUT2D eigenvalue weighted by Crippen LogP contribution is -2.24. The highest BCUT2D eigenvalue weighted by atomic mass is 32.2. The molecule has 0 saturated carbocycles. The Kier molecular flexibility index (Phi) is 7.22. The maximum absolute atomic E-state index is 12.4. The monoisotopic (exact) mass is 437 g/mol. The third-order valence-corrected chi connectivity index (χ3v) is 6.19. The Balaban J connectivity index is 1.40. The first kappa shape index (κ1) is 21.4. The van der Waals surface area contributed by atoms with Gasteiger partial charge in [-0.1, -0.05) is 42.1 Å². The van der Waals surface area contributed by atoms with Crippen molar-refractivity contribution in [2.24, 2.45) is 0 Å². The first-order chi connectivity index (χ1) is 15.2. The zero-order chi connectivity index (χ0) is 21.5. The van der Waals surface area contributed by atoms with Crippen LogP contribution >= 0.6 is 11.8 Å². The van der Waals surface area contributed by atoms with Gasteiger partial charge in [-0.2, -0.15) is 0 Å². The van der Waals surface area contributed by atoms with E-state index in [-0.39, 0.29) is 11.7 Å². The number of aromatic nitrogens is 3. The fourth-order valence-corrected chi connectivity index (χ4v) is 4.40. The van der Waals surface area contributed by atoms with Crippen molar-refractivity contribution in [2.45, 2.75) is 31.1 Å². The van der Waals surface area contributed by atoms with Gasteiger partial charge in [0.25, 0.3) is 0 Å². The van der Waals surface area contributed by atoms with Gasteiger partial charge in [-0.3, -0.25) is 14.3 Å². The van der Waals surface area contributed by atoms with E-state index in [1.807, 2.05) is 54.6 Å². The summed E-state index contributed by atoms with van der Waals surface area (Å²) in [5, 5.41) is 12.6. The molecule has 0 spiro atoms. The van der Waals surface area contributed by atoms with E-state index >= 15 is 0 Å². The number of thioether (sulfide) groups is 1. The highest BCUT2D eigenvalue weighted by Crippen LogP contribution is 2.23. The molecule has 3 aromatic rings. The van der Waals surface area contributed by atoms with Crippen LogP contribution in [0.3, 0.4) is 0 Å². The second kappa shape index (κ2) is 10.5. The van der Waals surface area contributed by atoms with Crippen LogP contribution < -0.4 is 10.1 Å². The summed E-state index contributed by atoms with van der Waals surface area (Å²) < 4.78 is 7.23. The number of benzene rings is 2. The third kappa shape index (κ3) is 5.65. The molecule has 0 bridgehead atoms. The van der Waals surface area contributed by atoms with Gasteiger partial charge in [0, 0.05) is 12.2 Å². The molecule has 1 aliphatic rings. The molecule has 1 amide bonds. The zero-order valence-electron chi connectivity index (χ0n) is 17.7. The standard InChI is InChI=1S/C23H27N5O2S/c1-30-20-11-9-18(10-12-20)15-24-22(29)17-31-23-26-25-21(16-27-13-5-6-14-27)28(23)19-7-3-2-4-8-19/h2-4,7-12H,5-6,13-17H2,1H3,(H,24,29). The Hall–Kier alpha value is -2.84. The molecular weight excluding hydrogens is 410 g/mol. The summed E-state index contributed by atoms with van der Waals surface area (Å²) in [5.41, 5.74) is 2.04. The fourth-order valence-electron chi connectivity index (χ4n) is 3.60. The molecule has 2 heterocycles. The minimum absolute atomic E-state index is 0.0375. The summed E-state index contributed by atoms with van der Waals surface area (Å²) in [4.78, 5) is 14.8. The summed E-state index contributed by atoms with van der Waals surface area (Å²) in [6.07, 6.45) is 2.46.